The zero-order chi connectivity index (χ0) is 15.1. The van der Waals surface area contributed by atoms with E-state index in [1.54, 1.807) is 18.5 Å². The number of hydrogen-bond acceptors (Lipinski definition) is 4. The summed E-state index contributed by atoms with van der Waals surface area (Å²) < 4.78 is 5.80. The van der Waals surface area contributed by atoms with E-state index in [2.05, 4.69) is 23.5 Å². The van der Waals surface area contributed by atoms with Crippen LogP contribution in [0, 0.1) is 0 Å². The summed E-state index contributed by atoms with van der Waals surface area (Å²) in [5, 5.41) is 0. The van der Waals surface area contributed by atoms with Gasteiger partial charge in [-0.15, -0.1) is 6.58 Å². The molecular weight excluding hydrogens is 266 g/mol. The Bertz CT molecular complexity index is 473. The number of aromatic nitrogens is 2. The highest BCUT2D eigenvalue weighted by atomic mass is 16.5. The van der Waals surface area contributed by atoms with E-state index in [0.717, 1.165) is 37.8 Å². The average molecular weight is 289 g/mol. The van der Waals surface area contributed by atoms with Crippen LogP contribution in [0.2, 0.25) is 0 Å². The Morgan fingerprint density at radius 1 is 1.52 bits per heavy atom. The van der Waals surface area contributed by atoms with Gasteiger partial charge in [0.25, 0.3) is 0 Å². The lowest BCUT2D eigenvalue weighted by atomic mass is 10.1. The number of allylic oxidation sites excluding steroid dienone is 1. The van der Waals surface area contributed by atoms with E-state index in [0.29, 0.717) is 19.0 Å². The van der Waals surface area contributed by atoms with Gasteiger partial charge in [0.1, 0.15) is 6.10 Å². The SMILES string of the molecule is C=CCCC(=O)N1CCCC(Oc2ncc(CC)cn2)C1. The highest BCUT2D eigenvalue weighted by Crippen LogP contribution is 2.16. The van der Waals surface area contributed by atoms with Gasteiger partial charge in [0.2, 0.25) is 5.91 Å². The second-order valence-corrected chi connectivity index (χ2v) is 5.28. The van der Waals surface area contributed by atoms with E-state index in [-0.39, 0.29) is 12.0 Å². The molecule has 0 N–H and O–H groups in total. The molecule has 1 aliphatic heterocycles. The molecule has 5 heteroatoms. The summed E-state index contributed by atoms with van der Waals surface area (Å²) >= 11 is 0. The number of likely N-dealkylation sites (tertiary alicyclic amines) is 1. The first-order valence-electron chi connectivity index (χ1n) is 7.59. The Kier molecular flexibility index (Phi) is 5.72. The van der Waals surface area contributed by atoms with Gasteiger partial charge in [-0.2, -0.15) is 0 Å². The number of nitrogens with zero attached hydrogens (tertiary/aromatic N) is 3. The van der Waals surface area contributed by atoms with Crippen molar-refractivity contribution in [3.63, 3.8) is 0 Å². The van der Waals surface area contributed by atoms with Gasteiger partial charge in [0, 0.05) is 25.4 Å². The molecule has 0 radical (unpaired) electrons. The molecule has 1 amide bonds. The van der Waals surface area contributed by atoms with Crippen molar-refractivity contribution in [3.05, 3.63) is 30.6 Å². The third-order valence-electron chi connectivity index (χ3n) is 3.66. The fourth-order valence-corrected chi connectivity index (χ4v) is 2.38. The van der Waals surface area contributed by atoms with E-state index in [4.69, 9.17) is 4.74 Å². The maximum absolute atomic E-state index is 12.0. The summed E-state index contributed by atoms with van der Waals surface area (Å²) in [6.07, 6.45) is 9.39. The van der Waals surface area contributed by atoms with E-state index >= 15 is 0 Å². The summed E-state index contributed by atoms with van der Waals surface area (Å²) in [5.41, 5.74) is 1.09. The van der Waals surface area contributed by atoms with Gasteiger partial charge in [-0.25, -0.2) is 9.97 Å². The summed E-state index contributed by atoms with van der Waals surface area (Å²) in [6, 6.07) is 0.401. The lowest BCUT2D eigenvalue weighted by Gasteiger charge is -2.32. The molecule has 1 saturated heterocycles. The van der Waals surface area contributed by atoms with Gasteiger partial charge in [-0.1, -0.05) is 13.0 Å². The Morgan fingerprint density at radius 2 is 2.29 bits per heavy atom. The quantitative estimate of drug-likeness (QED) is 0.754. The number of carbonyl (C=O) groups excluding carboxylic acids is 1. The minimum atomic E-state index is -0.0149. The van der Waals surface area contributed by atoms with Crippen LogP contribution in [-0.2, 0) is 11.2 Å². The molecule has 0 spiro atoms. The van der Waals surface area contributed by atoms with Crippen molar-refractivity contribution < 1.29 is 9.53 Å². The molecule has 114 valence electrons. The molecular formula is C16H23N3O2. The lowest BCUT2D eigenvalue weighted by molar-refractivity contribution is -0.133. The standard InChI is InChI=1S/C16H23N3O2/c1-3-5-8-15(20)19-9-6-7-14(12-19)21-16-17-10-13(4-2)11-18-16/h3,10-11,14H,1,4-9,12H2,2H3. The van der Waals surface area contributed by atoms with Crippen molar-refractivity contribution in [2.24, 2.45) is 0 Å². The predicted octanol–water partition coefficient (Wildman–Crippen LogP) is 2.38. The van der Waals surface area contributed by atoms with Crippen LogP contribution in [0.4, 0.5) is 0 Å². The number of carbonyl (C=O) groups is 1. The molecule has 1 aliphatic rings. The molecule has 0 aromatic carbocycles. The average Bonchev–Trinajstić information content (AvgIpc) is 2.53. The summed E-state index contributed by atoms with van der Waals surface area (Å²) in [5.74, 6) is 0.172. The van der Waals surface area contributed by atoms with Crippen LogP contribution in [0.15, 0.2) is 25.0 Å². The first kappa shape index (κ1) is 15.5. The number of rotatable bonds is 6. The summed E-state index contributed by atoms with van der Waals surface area (Å²) in [4.78, 5) is 22.3. The second kappa shape index (κ2) is 7.76. The second-order valence-electron chi connectivity index (χ2n) is 5.28. The van der Waals surface area contributed by atoms with Crippen LogP contribution < -0.4 is 4.74 Å². The Morgan fingerprint density at radius 3 is 2.95 bits per heavy atom. The van der Waals surface area contributed by atoms with Gasteiger partial charge in [-0.05, 0) is 31.2 Å². The normalized spacial score (nSPS) is 18.3. The van der Waals surface area contributed by atoms with Gasteiger partial charge >= 0.3 is 6.01 Å². The van der Waals surface area contributed by atoms with Crippen LogP contribution in [0.1, 0.15) is 38.2 Å². The zero-order valence-electron chi connectivity index (χ0n) is 12.6. The Hall–Kier alpha value is -1.91. The third-order valence-corrected chi connectivity index (χ3v) is 3.66. The van der Waals surface area contributed by atoms with Crippen molar-refractivity contribution >= 4 is 5.91 Å². The first-order valence-corrected chi connectivity index (χ1v) is 7.59. The van der Waals surface area contributed by atoms with Gasteiger partial charge in [0.05, 0.1) is 6.54 Å². The monoisotopic (exact) mass is 289 g/mol. The topological polar surface area (TPSA) is 55.3 Å². The summed E-state index contributed by atoms with van der Waals surface area (Å²) in [6.45, 7) is 7.14. The van der Waals surface area contributed by atoms with Crippen LogP contribution in [-0.4, -0.2) is 40.0 Å². The molecule has 2 heterocycles. The molecule has 21 heavy (non-hydrogen) atoms. The van der Waals surface area contributed by atoms with E-state index in [9.17, 15) is 4.79 Å². The van der Waals surface area contributed by atoms with Crippen molar-refractivity contribution in [1.82, 2.24) is 14.9 Å². The molecule has 0 bridgehead atoms. The van der Waals surface area contributed by atoms with Gasteiger partial charge in [-0.3, -0.25) is 4.79 Å². The van der Waals surface area contributed by atoms with Crippen molar-refractivity contribution in [1.29, 1.82) is 0 Å². The zero-order valence-corrected chi connectivity index (χ0v) is 12.6. The molecule has 2 rings (SSSR count). The van der Waals surface area contributed by atoms with Crippen LogP contribution in [0.5, 0.6) is 6.01 Å². The van der Waals surface area contributed by atoms with Crippen LogP contribution in [0.3, 0.4) is 0 Å². The molecule has 1 aromatic rings. The maximum Gasteiger partial charge on any atom is 0.316 e. The van der Waals surface area contributed by atoms with Crippen molar-refractivity contribution in [2.45, 2.75) is 45.1 Å². The number of hydrogen-bond donors (Lipinski definition) is 0. The Balaban J connectivity index is 1.88. The van der Waals surface area contributed by atoms with E-state index < -0.39 is 0 Å². The van der Waals surface area contributed by atoms with Crippen LogP contribution in [0.25, 0.3) is 0 Å². The molecule has 1 fully saturated rings. The number of piperidine rings is 1. The lowest BCUT2D eigenvalue weighted by Crippen LogP contribution is -2.44. The maximum atomic E-state index is 12.0. The minimum absolute atomic E-state index is 0.0149. The predicted molar refractivity (Wildman–Crippen MR) is 81.1 cm³/mol. The number of ether oxygens (including phenoxy) is 1. The fraction of sp³-hybridized carbons (Fsp3) is 0.562. The van der Waals surface area contributed by atoms with Crippen molar-refractivity contribution in [3.8, 4) is 6.01 Å². The molecule has 0 aliphatic carbocycles. The molecule has 0 saturated carbocycles. The highest BCUT2D eigenvalue weighted by molar-refractivity contribution is 5.76. The largest absolute Gasteiger partial charge is 0.458 e. The molecule has 1 atom stereocenters. The van der Waals surface area contributed by atoms with Crippen molar-refractivity contribution in [2.75, 3.05) is 13.1 Å². The van der Waals surface area contributed by atoms with E-state index in [1.165, 1.54) is 0 Å². The highest BCUT2D eigenvalue weighted by Gasteiger charge is 2.24. The van der Waals surface area contributed by atoms with Gasteiger partial charge in [0.15, 0.2) is 0 Å². The number of amides is 1. The summed E-state index contributed by atoms with van der Waals surface area (Å²) in [7, 11) is 0. The fourth-order valence-electron chi connectivity index (χ4n) is 2.38. The molecule has 5 nitrogen and oxygen atoms in total. The van der Waals surface area contributed by atoms with Crippen LogP contribution >= 0.6 is 0 Å². The molecule has 1 aromatic heterocycles. The smallest absolute Gasteiger partial charge is 0.316 e. The number of aryl methyl sites for hydroxylation is 1. The van der Waals surface area contributed by atoms with E-state index in [1.807, 2.05) is 4.90 Å². The molecule has 1 unspecified atom stereocenters. The third kappa shape index (κ3) is 4.55. The Labute approximate surface area is 126 Å². The minimum Gasteiger partial charge on any atom is -0.458 e. The van der Waals surface area contributed by atoms with Gasteiger partial charge < -0.3 is 9.64 Å². The first-order chi connectivity index (χ1) is 10.2.